The van der Waals surface area contributed by atoms with Crippen LogP contribution in [0.5, 0.6) is 0 Å². The minimum atomic E-state index is -0.642. The van der Waals surface area contributed by atoms with E-state index in [9.17, 15) is 9.59 Å². The van der Waals surface area contributed by atoms with Crippen LogP contribution in [0.25, 0.3) is 0 Å². The lowest BCUT2D eigenvalue weighted by Gasteiger charge is -2.36. The molecule has 2 aromatic carbocycles. The van der Waals surface area contributed by atoms with Crippen molar-refractivity contribution in [3.63, 3.8) is 0 Å². The van der Waals surface area contributed by atoms with E-state index in [1.807, 2.05) is 50.2 Å². The van der Waals surface area contributed by atoms with Crippen molar-refractivity contribution in [1.82, 2.24) is 5.32 Å². The van der Waals surface area contributed by atoms with Crippen molar-refractivity contribution < 1.29 is 14.3 Å². The predicted molar refractivity (Wildman–Crippen MR) is 113 cm³/mol. The van der Waals surface area contributed by atoms with Crippen LogP contribution in [0.2, 0.25) is 0 Å². The fraction of sp³-hybridized carbons (Fsp3) is 0.364. The third-order valence-electron chi connectivity index (χ3n) is 4.74. The molecule has 1 fully saturated rings. The average Bonchev–Trinajstić information content (AvgIpc) is 2.67. The van der Waals surface area contributed by atoms with Crippen molar-refractivity contribution in [2.24, 2.45) is 0 Å². The summed E-state index contributed by atoms with van der Waals surface area (Å²) in [5, 5.41) is 5.53. The molecule has 0 radical (unpaired) electrons. The summed E-state index contributed by atoms with van der Waals surface area (Å²) in [6.45, 7) is 5.65. The maximum atomic E-state index is 12.4. The second kappa shape index (κ2) is 9.26. The first kappa shape index (κ1) is 20.4. The van der Waals surface area contributed by atoms with Gasteiger partial charge in [-0.15, -0.1) is 11.8 Å². The lowest BCUT2D eigenvalue weighted by atomic mass is 9.99. The van der Waals surface area contributed by atoms with Gasteiger partial charge < -0.3 is 15.4 Å². The number of thioether (sulfide) groups is 1. The highest BCUT2D eigenvalue weighted by molar-refractivity contribution is 8.00. The first-order valence-electron chi connectivity index (χ1n) is 9.45. The fourth-order valence-electron chi connectivity index (χ4n) is 3.35. The number of aryl methyl sites for hydroxylation is 2. The summed E-state index contributed by atoms with van der Waals surface area (Å²) in [5.41, 5.74) is 2.71. The van der Waals surface area contributed by atoms with Gasteiger partial charge in [0.05, 0.1) is 0 Å². The number of benzene rings is 2. The molecule has 1 saturated heterocycles. The van der Waals surface area contributed by atoms with E-state index < -0.39 is 11.8 Å². The molecule has 148 valence electrons. The Morgan fingerprint density at radius 3 is 2.29 bits per heavy atom. The standard InChI is InChI=1S/C22H26N2O3S/c1-16-12-17(2)14-18(13-16)24-21(26)20(25)23-15-22(8-10-27-11-9-22)28-19-6-4-3-5-7-19/h3-7,12-14H,8-11,15H2,1-2H3,(H,23,25)(H,24,26). The number of amides is 2. The zero-order valence-corrected chi connectivity index (χ0v) is 17.1. The van der Waals surface area contributed by atoms with Crippen molar-refractivity contribution in [2.75, 3.05) is 25.1 Å². The van der Waals surface area contributed by atoms with E-state index in [1.165, 1.54) is 0 Å². The molecule has 6 heteroatoms. The fourth-order valence-corrected chi connectivity index (χ4v) is 4.66. The second-order valence-electron chi connectivity index (χ2n) is 7.22. The summed E-state index contributed by atoms with van der Waals surface area (Å²) < 4.78 is 5.34. The topological polar surface area (TPSA) is 67.4 Å². The zero-order chi connectivity index (χ0) is 20.0. The van der Waals surface area contributed by atoms with Crippen LogP contribution in [0.15, 0.2) is 53.4 Å². The summed E-state index contributed by atoms with van der Waals surface area (Å²) in [4.78, 5) is 25.9. The number of hydrogen-bond donors (Lipinski definition) is 2. The van der Waals surface area contributed by atoms with Crippen LogP contribution in [-0.4, -0.2) is 36.3 Å². The molecule has 2 amide bonds. The number of anilines is 1. The molecule has 28 heavy (non-hydrogen) atoms. The van der Waals surface area contributed by atoms with E-state index in [0.29, 0.717) is 25.4 Å². The number of ether oxygens (including phenoxy) is 1. The number of carbonyl (C=O) groups is 2. The number of hydrogen-bond acceptors (Lipinski definition) is 4. The summed E-state index contributed by atoms with van der Waals surface area (Å²) in [6, 6.07) is 15.8. The Morgan fingerprint density at radius 1 is 1.00 bits per heavy atom. The van der Waals surface area contributed by atoms with Crippen LogP contribution >= 0.6 is 11.8 Å². The van der Waals surface area contributed by atoms with Gasteiger partial charge in [-0.3, -0.25) is 9.59 Å². The van der Waals surface area contributed by atoms with Gasteiger partial charge >= 0.3 is 11.8 Å². The van der Waals surface area contributed by atoms with Crippen molar-refractivity contribution in [3.05, 3.63) is 59.7 Å². The van der Waals surface area contributed by atoms with E-state index in [0.717, 1.165) is 28.9 Å². The molecule has 2 aromatic rings. The first-order chi connectivity index (χ1) is 13.5. The Hall–Kier alpha value is -2.31. The molecule has 1 aliphatic rings. The molecule has 5 nitrogen and oxygen atoms in total. The van der Waals surface area contributed by atoms with Crippen molar-refractivity contribution in [3.8, 4) is 0 Å². The molecular weight excluding hydrogens is 372 g/mol. The summed E-state index contributed by atoms with van der Waals surface area (Å²) in [7, 11) is 0. The van der Waals surface area contributed by atoms with Gasteiger partial charge in [0.15, 0.2) is 0 Å². The molecule has 0 unspecified atom stereocenters. The van der Waals surface area contributed by atoms with Crippen LogP contribution in [0.4, 0.5) is 5.69 Å². The molecule has 0 aromatic heterocycles. The Morgan fingerprint density at radius 2 is 1.64 bits per heavy atom. The highest BCUT2D eigenvalue weighted by Gasteiger charge is 2.34. The van der Waals surface area contributed by atoms with E-state index in [-0.39, 0.29) is 4.75 Å². The van der Waals surface area contributed by atoms with E-state index in [4.69, 9.17) is 4.74 Å². The quantitative estimate of drug-likeness (QED) is 0.754. The zero-order valence-electron chi connectivity index (χ0n) is 16.3. The molecule has 0 aliphatic carbocycles. The largest absolute Gasteiger partial charge is 0.381 e. The lowest BCUT2D eigenvalue weighted by Crippen LogP contribution is -2.47. The Bertz CT molecular complexity index is 813. The molecule has 3 rings (SSSR count). The normalized spacial score (nSPS) is 15.6. The smallest absolute Gasteiger partial charge is 0.313 e. The highest BCUT2D eigenvalue weighted by Crippen LogP contribution is 2.40. The van der Waals surface area contributed by atoms with Gasteiger partial charge in [0, 0.05) is 35.1 Å². The summed E-state index contributed by atoms with van der Waals surface area (Å²) >= 11 is 1.75. The van der Waals surface area contributed by atoms with Crippen LogP contribution < -0.4 is 10.6 Å². The molecule has 1 aliphatic heterocycles. The van der Waals surface area contributed by atoms with E-state index in [1.54, 1.807) is 11.8 Å². The Labute approximate surface area is 170 Å². The minimum Gasteiger partial charge on any atom is -0.381 e. The van der Waals surface area contributed by atoms with Gasteiger partial charge in [-0.1, -0.05) is 24.3 Å². The van der Waals surface area contributed by atoms with E-state index >= 15 is 0 Å². The highest BCUT2D eigenvalue weighted by atomic mass is 32.2. The third-order valence-corrected chi connectivity index (χ3v) is 6.23. The SMILES string of the molecule is Cc1cc(C)cc(NC(=O)C(=O)NCC2(Sc3ccccc3)CCOCC2)c1. The number of nitrogens with one attached hydrogen (secondary N) is 2. The van der Waals surface area contributed by atoms with Crippen molar-refractivity contribution >= 4 is 29.3 Å². The predicted octanol–water partition coefficient (Wildman–Crippen LogP) is 3.70. The maximum absolute atomic E-state index is 12.4. The van der Waals surface area contributed by atoms with Gasteiger partial charge in [0.25, 0.3) is 0 Å². The third kappa shape index (κ3) is 5.59. The second-order valence-corrected chi connectivity index (χ2v) is 8.77. The van der Waals surface area contributed by atoms with Crippen molar-refractivity contribution in [1.29, 1.82) is 0 Å². The maximum Gasteiger partial charge on any atom is 0.313 e. The first-order valence-corrected chi connectivity index (χ1v) is 10.3. The summed E-state index contributed by atoms with van der Waals surface area (Å²) in [6.07, 6.45) is 1.65. The molecule has 1 heterocycles. The Balaban J connectivity index is 1.62. The van der Waals surface area contributed by atoms with Crippen LogP contribution in [0.3, 0.4) is 0 Å². The van der Waals surface area contributed by atoms with Gasteiger partial charge in [0.1, 0.15) is 0 Å². The average molecular weight is 399 g/mol. The summed E-state index contributed by atoms with van der Waals surface area (Å²) in [5.74, 6) is -1.25. The van der Waals surface area contributed by atoms with Gasteiger partial charge in [-0.2, -0.15) is 0 Å². The van der Waals surface area contributed by atoms with Crippen LogP contribution in [0.1, 0.15) is 24.0 Å². The molecular formula is C22H26N2O3S. The van der Waals surface area contributed by atoms with Crippen molar-refractivity contribution in [2.45, 2.75) is 36.3 Å². The van der Waals surface area contributed by atoms with Gasteiger partial charge in [-0.05, 0) is 62.1 Å². The van der Waals surface area contributed by atoms with E-state index in [2.05, 4.69) is 22.8 Å². The van der Waals surface area contributed by atoms with Crippen LogP contribution in [-0.2, 0) is 14.3 Å². The van der Waals surface area contributed by atoms with Crippen LogP contribution in [0, 0.1) is 13.8 Å². The lowest BCUT2D eigenvalue weighted by molar-refractivity contribution is -0.136. The molecule has 0 atom stereocenters. The number of rotatable bonds is 5. The Kier molecular flexibility index (Phi) is 6.75. The monoisotopic (exact) mass is 398 g/mol. The molecule has 0 bridgehead atoms. The molecule has 2 N–H and O–H groups in total. The van der Waals surface area contributed by atoms with Gasteiger partial charge in [0.2, 0.25) is 0 Å². The number of carbonyl (C=O) groups excluding carboxylic acids is 2. The molecule has 0 spiro atoms. The molecule has 0 saturated carbocycles. The van der Waals surface area contributed by atoms with Gasteiger partial charge in [-0.25, -0.2) is 0 Å². The minimum absolute atomic E-state index is 0.171.